The Kier molecular flexibility index (Phi) is 4.43. The van der Waals surface area contributed by atoms with Crippen molar-refractivity contribution in [1.82, 2.24) is 10.6 Å². The maximum atomic E-state index is 11.8. The molecule has 2 rings (SSSR count). The molecule has 1 aliphatic heterocycles. The van der Waals surface area contributed by atoms with Gasteiger partial charge < -0.3 is 15.4 Å². The molecule has 1 heterocycles. The molecular weight excluding hydrogens is 250 g/mol. The Hall–Kier alpha value is -1.99. The van der Waals surface area contributed by atoms with Gasteiger partial charge in [0.2, 0.25) is 0 Å². The molecule has 0 saturated carbocycles. The predicted octanol–water partition coefficient (Wildman–Crippen LogP) is 0.199. The van der Waals surface area contributed by atoms with E-state index in [-0.39, 0.29) is 11.6 Å². The highest BCUT2D eigenvalue weighted by Gasteiger charge is 2.21. The van der Waals surface area contributed by atoms with Crippen molar-refractivity contribution in [3.63, 3.8) is 0 Å². The van der Waals surface area contributed by atoms with Crippen LogP contribution in [0.2, 0.25) is 0 Å². The van der Waals surface area contributed by atoms with Crippen LogP contribution in [0.15, 0.2) is 24.3 Å². The minimum absolute atomic E-state index is 0.0369. The molecule has 1 fully saturated rings. The van der Waals surface area contributed by atoms with Crippen molar-refractivity contribution in [1.29, 1.82) is 0 Å². The molecule has 1 atom stereocenters. The van der Waals surface area contributed by atoms with Gasteiger partial charge in [-0.3, -0.25) is 14.9 Å². The third-order valence-corrected chi connectivity index (χ3v) is 2.83. The molecule has 0 spiro atoms. The Labute approximate surface area is 110 Å². The Morgan fingerprint density at radius 2 is 2.21 bits per heavy atom. The van der Waals surface area contributed by atoms with Crippen LogP contribution in [0.3, 0.4) is 0 Å². The third kappa shape index (κ3) is 3.73. The number of ether oxygens (including phenoxy) is 1. The zero-order chi connectivity index (χ0) is 13.7. The van der Waals surface area contributed by atoms with E-state index in [0.29, 0.717) is 19.7 Å². The molecule has 0 radical (unpaired) electrons. The topological polar surface area (TPSA) is 93.5 Å². The molecule has 1 unspecified atom stereocenters. The first kappa shape index (κ1) is 13.4. The highest BCUT2D eigenvalue weighted by molar-refractivity contribution is 5.81. The lowest BCUT2D eigenvalue weighted by Gasteiger charge is -2.22. The molecule has 1 aliphatic rings. The first-order valence-electron chi connectivity index (χ1n) is 6.00. The van der Waals surface area contributed by atoms with E-state index >= 15 is 0 Å². The molecule has 1 amide bonds. The SMILES string of the molecule is O=C(NCc1ccc([N+](=O)[O-])cc1)C1CNCCO1. The Morgan fingerprint density at radius 1 is 1.47 bits per heavy atom. The van der Waals surface area contributed by atoms with Crippen LogP contribution in [0.1, 0.15) is 5.56 Å². The van der Waals surface area contributed by atoms with Gasteiger partial charge in [-0.2, -0.15) is 0 Å². The molecule has 1 saturated heterocycles. The molecule has 1 aromatic carbocycles. The maximum Gasteiger partial charge on any atom is 0.269 e. The number of nitrogens with one attached hydrogen (secondary N) is 2. The normalized spacial score (nSPS) is 18.8. The van der Waals surface area contributed by atoms with Crippen LogP contribution in [-0.2, 0) is 16.1 Å². The van der Waals surface area contributed by atoms with Gasteiger partial charge in [0.25, 0.3) is 11.6 Å². The summed E-state index contributed by atoms with van der Waals surface area (Å²) in [4.78, 5) is 21.8. The van der Waals surface area contributed by atoms with Crippen LogP contribution in [0, 0.1) is 10.1 Å². The highest BCUT2D eigenvalue weighted by Crippen LogP contribution is 2.11. The van der Waals surface area contributed by atoms with Crippen LogP contribution < -0.4 is 10.6 Å². The Balaban J connectivity index is 1.84. The summed E-state index contributed by atoms with van der Waals surface area (Å²) in [7, 11) is 0. The van der Waals surface area contributed by atoms with Crippen LogP contribution >= 0.6 is 0 Å². The fraction of sp³-hybridized carbons (Fsp3) is 0.417. The zero-order valence-corrected chi connectivity index (χ0v) is 10.3. The number of nitro groups is 1. The lowest BCUT2D eigenvalue weighted by molar-refractivity contribution is -0.384. The number of nitro benzene ring substituents is 1. The molecular formula is C12H15N3O4. The third-order valence-electron chi connectivity index (χ3n) is 2.83. The van der Waals surface area contributed by atoms with Gasteiger partial charge in [-0.25, -0.2) is 0 Å². The number of carbonyl (C=O) groups excluding carboxylic acids is 1. The first-order valence-corrected chi connectivity index (χ1v) is 6.00. The smallest absolute Gasteiger partial charge is 0.269 e. The highest BCUT2D eigenvalue weighted by atomic mass is 16.6. The minimum Gasteiger partial charge on any atom is -0.366 e. The van der Waals surface area contributed by atoms with E-state index in [9.17, 15) is 14.9 Å². The van der Waals surface area contributed by atoms with Crippen molar-refractivity contribution in [3.05, 3.63) is 39.9 Å². The van der Waals surface area contributed by atoms with Crippen molar-refractivity contribution in [2.75, 3.05) is 19.7 Å². The number of rotatable bonds is 4. The largest absolute Gasteiger partial charge is 0.366 e. The van der Waals surface area contributed by atoms with Crippen LogP contribution in [-0.4, -0.2) is 36.6 Å². The summed E-state index contributed by atoms with van der Waals surface area (Å²) in [6.07, 6.45) is -0.466. The summed E-state index contributed by atoms with van der Waals surface area (Å²) < 4.78 is 5.31. The molecule has 2 N–H and O–H groups in total. The molecule has 19 heavy (non-hydrogen) atoms. The number of nitrogens with zero attached hydrogens (tertiary/aromatic N) is 1. The van der Waals surface area contributed by atoms with Crippen LogP contribution in [0.4, 0.5) is 5.69 Å². The number of benzene rings is 1. The molecule has 7 heteroatoms. The summed E-state index contributed by atoms with van der Waals surface area (Å²) in [6.45, 7) is 2.12. The minimum atomic E-state index is -0.466. The molecule has 102 valence electrons. The molecule has 0 aliphatic carbocycles. The van der Waals surface area contributed by atoms with Gasteiger partial charge in [-0.1, -0.05) is 12.1 Å². The molecule has 7 nitrogen and oxygen atoms in total. The second kappa shape index (κ2) is 6.26. The van der Waals surface area contributed by atoms with E-state index in [1.807, 2.05) is 0 Å². The van der Waals surface area contributed by atoms with Gasteiger partial charge in [0.15, 0.2) is 0 Å². The molecule has 1 aromatic rings. The lowest BCUT2D eigenvalue weighted by atomic mass is 10.2. The van der Waals surface area contributed by atoms with Gasteiger partial charge in [0, 0.05) is 31.8 Å². The van der Waals surface area contributed by atoms with Gasteiger partial charge in [0.1, 0.15) is 6.10 Å². The van der Waals surface area contributed by atoms with Crippen molar-refractivity contribution >= 4 is 11.6 Å². The fourth-order valence-electron chi connectivity index (χ4n) is 1.77. The average molecular weight is 265 g/mol. The van der Waals surface area contributed by atoms with Gasteiger partial charge in [0.05, 0.1) is 11.5 Å². The van der Waals surface area contributed by atoms with Crippen molar-refractivity contribution in [2.45, 2.75) is 12.6 Å². The van der Waals surface area contributed by atoms with Gasteiger partial charge in [-0.05, 0) is 5.56 Å². The fourth-order valence-corrected chi connectivity index (χ4v) is 1.77. The number of hydrogen-bond donors (Lipinski definition) is 2. The predicted molar refractivity (Wildman–Crippen MR) is 67.6 cm³/mol. The Morgan fingerprint density at radius 3 is 2.79 bits per heavy atom. The maximum absolute atomic E-state index is 11.8. The van der Waals surface area contributed by atoms with Crippen molar-refractivity contribution in [2.24, 2.45) is 0 Å². The van der Waals surface area contributed by atoms with E-state index in [0.717, 1.165) is 12.1 Å². The standard InChI is InChI=1S/C12H15N3O4/c16-12(11-8-13-5-6-19-11)14-7-9-1-3-10(4-2-9)15(17)18/h1-4,11,13H,5-8H2,(H,14,16). The van der Waals surface area contributed by atoms with Crippen molar-refractivity contribution < 1.29 is 14.5 Å². The summed E-state index contributed by atoms with van der Waals surface area (Å²) in [5.41, 5.74) is 0.845. The summed E-state index contributed by atoms with van der Waals surface area (Å²) >= 11 is 0. The second-order valence-corrected chi connectivity index (χ2v) is 4.20. The van der Waals surface area contributed by atoms with Crippen LogP contribution in [0.5, 0.6) is 0 Å². The Bertz CT molecular complexity index is 455. The van der Waals surface area contributed by atoms with Gasteiger partial charge in [-0.15, -0.1) is 0 Å². The number of carbonyl (C=O) groups is 1. The quantitative estimate of drug-likeness (QED) is 0.599. The number of amides is 1. The summed E-state index contributed by atoms with van der Waals surface area (Å²) in [5.74, 6) is -0.175. The second-order valence-electron chi connectivity index (χ2n) is 4.20. The van der Waals surface area contributed by atoms with E-state index in [4.69, 9.17) is 4.74 Å². The number of hydrogen-bond acceptors (Lipinski definition) is 5. The first-order chi connectivity index (χ1) is 9.16. The summed E-state index contributed by atoms with van der Waals surface area (Å²) in [6, 6.07) is 6.08. The number of non-ortho nitro benzene ring substituents is 1. The van der Waals surface area contributed by atoms with Crippen LogP contribution in [0.25, 0.3) is 0 Å². The average Bonchev–Trinajstić information content (AvgIpc) is 2.46. The van der Waals surface area contributed by atoms with Crippen molar-refractivity contribution in [3.8, 4) is 0 Å². The van der Waals surface area contributed by atoms with E-state index in [1.54, 1.807) is 12.1 Å². The zero-order valence-electron chi connectivity index (χ0n) is 10.3. The molecule has 0 bridgehead atoms. The van der Waals surface area contributed by atoms with E-state index < -0.39 is 11.0 Å². The van der Waals surface area contributed by atoms with Gasteiger partial charge >= 0.3 is 0 Å². The summed E-state index contributed by atoms with van der Waals surface area (Å²) in [5, 5.41) is 16.3. The number of morpholine rings is 1. The monoisotopic (exact) mass is 265 g/mol. The van der Waals surface area contributed by atoms with E-state index in [1.165, 1.54) is 12.1 Å². The lowest BCUT2D eigenvalue weighted by Crippen LogP contribution is -2.47. The molecule has 0 aromatic heterocycles. The van der Waals surface area contributed by atoms with E-state index in [2.05, 4.69) is 10.6 Å².